The Morgan fingerprint density at radius 3 is 2.62 bits per heavy atom. The van der Waals surface area contributed by atoms with Gasteiger partial charge in [0.05, 0.1) is 12.7 Å². The lowest BCUT2D eigenvalue weighted by atomic mass is 10.1. The summed E-state index contributed by atoms with van der Waals surface area (Å²) >= 11 is 0. The molecule has 6 nitrogen and oxygen atoms in total. The smallest absolute Gasteiger partial charge is 0.413 e. The Labute approximate surface area is 117 Å². The molecular formula is C12H12F3N5O. The Morgan fingerprint density at radius 2 is 2.05 bits per heavy atom. The van der Waals surface area contributed by atoms with Crippen LogP contribution in [-0.2, 0) is 5.54 Å². The molecule has 1 aliphatic carbocycles. The zero-order valence-corrected chi connectivity index (χ0v) is 11.1. The van der Waals surface area contributed by atoms with E-state index in [9.17, 15) is 13.2 Å². The highest BCUT2D eigenvalue weighted by molar-refractivity contribution is 5.68. The van der Waals surface area contributed by atoms with Crippen LogP contribution in [0.4, 0.5) is 18.9 Å². The molecule has 0 unspecified atom stereocenters. The number of ether oxygens (including phenoxy) is 1. The number of benzene rings is 1. The molecule has 9 heteroatoms. The fourth-order valence-electron chi connectivity index (χ4n) is 2.27. The highest BCUT2D eigenvalue weighted by Gasteiger charge is 2.67. The van der Waals surface area contributed by atoms with E-state index in [1.807, 2.05) is 0 Å². The van der Waals surface area contributed by atoms with Crippen molar-refractivity contribution in [3.8, 4) is 17.1 Å². The number of halogens is 3. The van der Waals surface area contributed by atoms with Crippen LogP contribution in [0.3, 0.4) is 0 Å². The Kier molecular flexibility index (Phi) is 2.82. The summed E-state index contributed by atoms with van der Waals surface area (Å²) in [7, 11) is 1.41. The van der Waals surface area contributed by atoms with E-state index >= 15 is 0 Å². The van der Waals surface area contributed by atoms with Gasteiger partial charge in [-0.3, -0.25) is 0 Å². The Bertz CT molecular complexity index is 678. The van der Waals surface area contributed by atoms with Crippen molar-refractivity contribution in [2.75, 3.05) is 12.8 Å². The van der Waals surface area contributed by atoms with E-state index in [2.05, 4.69) is 15.5 Å². The fourth-order valence-corrected chi connectivity index (χ4v) is 2.27. The van der Waals surface area contributed by atoms with Crippen LogP contribution in [-0.4, -0.2) is 33.5 Å². The minimum Gasteiger partial charge on any atom is -0.496 e. The highest BCUT2D eigenvalue weighted by Crippen LogP contribution is 2.56. The van der Waals surface area contributed by atoms with Gasteiger partial charge in [-0.1, -0.05) is 0 Å². The maximum Gasteiger partial charge on any atom is 0.413 e. The van der Waals surface area contributed by atoms with Gasteiger partial charge in [-0.05, 0) is 35.4 Å². The molecule has 1 aliphatic rings. The minimum atomic E-state index is -4.40. The number of aromatic nitrogens is 4. The minimum absolute atomic E-state index is 0.0154. The highest BCUT2D eigenvalue weighted by atomic mass is 19.4. The van der Waals surface area contributed by atoms with Gasteiger partial charge < -0.3 is 10.5 Å². The van der Waals surface area contributed by atoms with Gasteiger partial charge in [-0.15, -0.1) is 5.10 Å². The third-order valence-electron chi connectivity index (χ3n) is 3.59. The van der Waals surface area contributed by atoms with E-state index in [0.29, 0.717) is 17.0 Å². The van der Waals surface area contributed by atoms with E-state index in [0.717, 1.165) is 4.68 Å². The number of rotatable bonds is 3. The largest absolute Gasteiger partial charge is 0.496 e. The number of anilines is 1. The summed E-state index contributed by atoms with van der Waals surface area (Å²) in [5.41, 5.74) is 4.43. The van der Waals surface area contributed by atoms with Gasteiger partial charge in [0.2, 0.25) is 0 Å². The lowest BCUT2D eigenvalue weighted by Gasteiger charge is -2.20. The standard InChI is InChI=1S/C12H12F3N5O/c1-21-9-6-7(16)2-3-8(9)10-17-18-19-20(10)11(4-5-11)12(13,14)15/h2-3,6H,4-5,16H2,1H3. The van der Waals surface area contributed by atoms with Crippen LogP contribution in [0.15, 0.2) is 18.2 Å². The van der Waals surface area contributed by atoms with Crippen molar-refractivity contribution in [1.29, 1.82) is 0 Å². The summed E-state index contributed by atoms with van der Waals surface area (Å²) < 4.78 is 45.7. The lowest BCUT2D eigenvalue weighted by Crippen LogP contribution is -2.36. The van der Waals surface area contributed by atoms with E-state index in [-0.39, 0.29) is 18.7 Å². The SMILES string of the molecule is COc1cc(N)ccc1-c1nnnn1C1(C(F)(F)F)CC1. The normalized spacial score (nSPS) is 16.8. The van der Waals surface area contributed by atoms with E-state index in [4.69, 9.17) is 10.5 Å². The number of methoxy groups -OCH3 is 1. The number of hydrogen-bond acceptors (Lipinski definition) is 5. The van der Waals surface area contributed by atoms with Gasteiger partial charge in [0, 0.05) is 11.8 Å². The summed E-state index contributed by atoms with van der Waals surface area (Å²) in [6, 6.07) is 4.62. The third kappa shape index (κ3) is 1.99. The van der Waals surface area contributed by atoms with Crippen LogP contribution in [0.2, 0.25) is 0 Å². The first-order valence-electron chi connectivity index (χ1n) is 6.18. The van der Waals surface area contributed by atoms with E-state index < -0.39 is 11.7 Å². The van der Waals surface area contributed by atoms with Gasteiger partial charge in [0.15, 0.2) is 11.4 Å². The van der Waals surface area contributed by atoms with Crippen LogP contribution in [0, 0.1) is 0 Å². The van der Waals surface area contributed by atoms with Crippen LogP contribution in [0.1, 0.15) is 12.8 Å². The molecule has 0 bridgehead atoms. The molecule has 1 aromatic heterocycles. The number of hydrogen-bond donors (Lipinski definition) is 1. The van der Waals surface area contributed by atoms with Crippen LogP contribution >= 0.6 is 0 Å². The summed E-state index contributed by atoms with van der Waals surface area (Å²) in [5, 5.41) is 10.7. The zero-order chi connectivity index (χ0) is 15.3. The predicted molar refractivity (Wildman–Crippen MR) is 67.5 cm³/mol. The maximum absolute atomic E-state index is 13.2. The van der Waals surface area contributed by atoms with Gasteiger partial charge in [0.1, 0.15) is 5.75 Å². The quantitative estimate of drug-likeness (QED) is 0.877. The van der Waals surface area contributed by atoms with Crippen LogP contribution in [0.25, 0.3) is 11.4 Å². The molecule has 0 aliphatic heterocycles. The Balaban J connectivity index is 2.13. The van der Waals surface area contributed by atoms with Crippen molar-refractivity contribution in [1.82, 2.24) is 20.2 Å². The first-order valence-corrected chi connectivity index (χ1v) is 6.18. The number of nitrogens with two attached hydrogens (primary N) is 1. The molecule has 0 spiro atoms. The number of alkyl halides is 3. The second kappa shape index (κ2) is 4.34. The maximum atomic E-state index is 13.2. The van der Waals surface area contributed by atoms with Crippen LogP contribution in [0.5, 0.6) is 5.75 Å². The average molecular weight is 299 g/mol. The van der Waals surface area contributed by atoms with Gasteiger partial charge in [-0.2, -0.15) is 13.2 Å². The monoisotopic (exact) mass is 299 g/mol. The molecule has 2 N–H and O–H groups in total. The molecule has 0 amide bonds. The van der Waals surface area contributed by atoms with Gasteiger partial charge in [-0.25, -0.2) is 4.68 Å². The van der Waals surface area contributed by atoms with Crippen LogP contribution < -0.4 is 10.5 Å². The molecule has 0 radical (unpaired) electrons. The van der Waals surface area contributed by atoms with Gasteiger partial charge >= 0.3 is 6.18 Å². The second-order valence-electron chi connectivity index (χ2n) is 4.90. The average Bonchev–Trinajstić information content (AvgIpc) is 3.11. The topological polar surface area (TPSA) is 78.8 Å². The van der Waals surface area contributed by atoms with Crippen molar-refractivity contribution >= 4 is 5.69 Å². The van der Waals surface area contributed by atoms with E-state index in [1.165, 1.54) is 13.2 Å². The van der Waals surface area contributed by atoms with Gasteiger partial charge in [0.25, 0.3) is 0 Å². The fraction of sp³-hybridized carbons (Fsp3) is 0.417. The molecule has 1 heterocycles. The molecule has 0 saturated heterocycles. The summed E-state index contributed by atoms with van der Waals surface area (Å²) in [5.74, 6) is 0.339. The molecule has 3 rings (SSSR count). The first-order chi connectivity index (χ1) is 9.89. The van der Waals surface area contributed by atoms with Crippen molar-refractivity contribution in [2.45, 2.75) is 24.6 Å². The first kappa shape index (κ1) is 13.7. The molecule has 1 fully saturated rings. The molecule has 1 saturated carbocycles. The number of nitrogens with zero attached hydrogens (tertiary/aromatic N) is 4. The summed E-state index contributed by atoms with van der Waals surface area (Å²) in [6.07, 6.45) is -4.48. The summed E-state index contributed by atoms with van der Waals surface area (Å²) in [4.78, 5) is 0. The molecular weight excluding hydrogens is 287 g/mol. The molecule has 112 valence electrons. The van der Waals surface area contributed by atoms with E-state index in [1.54, 1.807) is 12.1 Å². The molecule has 1 aromatic carbocycles. The van der Waals surface area contributed by atoms with Crippen molar-refractivity contribution in [3.05, 3.63) is 18.2 Å². The molecule has 21 heavy (non-hydrogen) atoms. The molecule has 0 atom stereocenters. The van der Waals surface area contributed by atoms with Crippen molar-refractivity contribution in [2.24, 2.45) is 0 Å². The predicted octanol–water partition coefficient (Wildman–Crippen LogP) is 1.98. The number of nitrogen functional groups attached to an aromatic ring is 1. The lowest BCUT2D eigenvalue weighted by molar-refractivity contribution is -0.182. The Hall–Kier alpha value is -2.32. The van der Waals surface area contributed by atoms with Crippen molar-refractivity contribution < 1.29 is 17.9 Å². The second-order valence-corrected chi connectivity index (χ2v) is 4.90. The zero-order valence-electron chi connectivity index (χ0n) is 11.1. The van der Waals surface area contributed by atoms with Crippen molar-refractivity contribution in [3.63, 3.8) is 0 Å². The summed E-state index contributed by atoms with van der Waals surface area (Å²) in [6.45, 7) is 0. The third-order valence-corrected chi connectivity index (χ3v) is 3.59. The number of tetrazole rings is 1. The molecule has 2 aromatic rings. The Morgan fingerprint density at radius 1 is 1.33 bits per heavy atom.